The van der Waals surface area contributed by atoms with Gasteiger partial charge in [0.15, 0.2) is 0 Å². The number of nitrogens with one attached hydrogen (secondary N) is 1. The van der Waals surface area contributed by atoms with Crippen molar-refractivity contribution in [3.63, 3.8) is 0 Å². The lowest BCUT2D eigenvalue weighted by Crippen LogP contribution is -2.49. The topological polar surface area (TPSA) is 66.3 Å². The summed E-state index contributed by atoms with van der Waals surface area (Å²) >= 11 is 0. The number of nitrogens with zero attached hydrogens (tertiary/aromatic N) is 5. The smallest absolute Gasteiger partial charge is 0.354 e. The van der Waals surface area contributed by atoms with E-state index in [4.69, 9.17) is 5.10 Å². The van der Waals surface area contributed by atoms with Gasteiger partial charge >= 0.3 is 6.18 Å². The van der Waals surface area contributed by atoms with E-state index in [2.05, 4.69) is 10.3 Å². The summed E-state index contributed by atoms with van der Waals surface area (Å²) in [6.07, 6.45) is 1.13. The van der Waals surface area contributed by atoms with Gasteiger partial charge in [-0.05, 0) is 37.1 Å². The molecule has 0 radical (unpaired) electrons. The van der Waals surface area contributed by atoms with Crippen LogP contribution in [0.4, 0.5) is 24.8 Å². The molecule has 7 nitrogen and oxygen atoms in total. The summed E-state index contributed by atoms with van der Waals surface area (Å²) < 4.78 is 40.2. The van der Waals surface area contributed by atoms with E-state index in [0.29, 0.717) is 43.7 Å². The van der Waals surface area contributed by atoms with Crippen molar-refractivity contribution in [1.82, 2.24) is 19.7 Å². The molecular weight excluding hydrogens is 469 g/mol. The molecule has 190 valence electrons. The highest BCUT2D eigenvalue weighted by Crippen LogP contribution is 2.35. The number of piperazine rings is 1. The van der Waals surface area contributed by atoms with Crippen molar-refractivity contribution >= 4 is 17.5 Å². The van der Waals surface area contributed by atoms with E-state index in [1.807, 2.05) is 46.2 Å². The Morgan fingerprint density at radius 1 is 1.00 bits per heavy atom. The number of anilines is 2. The van der Waals surface area contributed by atoms with Gasteiger partial charge in [-0.1, -0.05) is 31.0 Å². The van der Waals surface area contributed by atoms with Crippen LogP contribution in [0.25, 0.3) is 5.69 Å². The number of aromatic nitrogens is 3. The number of halogens is 3. The first kappa shape index (κ1) is 24.3. The van der Waals surface area contributed by atoms with Crippen molar-refractivity contribution in [2.45, 2.75) is 37.8 Å². The zero-order valence-electron chi connectivity index (χ0n) is 19.9. The number of alkyl halides is 3. The quantitative estimate of drug-likeness (QED) is 0.534. The highest BCUT2D eigenvalue weighted by Gasteiger charge is 2.31. The zero-order valence-corrected chi connectivity index (χ0v) is 19.9. The second-order valence-corrected chi connectivity index (χ2v) is 9.40. The molecule has 2 aliphatic rings. The van der Waals surface area contributed by atoms with E-state index in [1.54, 1.807) is 4.68 Å². The summed E-state index contributed by atoms with van der Waals surface area (Å²) in [7, 11) is 0. The lowest BCUT2D eigenvalue weighted by atomic mass is 10.0. The Morgan fingerprint density at radius 3 is 2.36 bits per heavy atom. The van der Waals surface area contributed by atoms with Crippen molar-refractivity contribution in [1.29, 1.82) is 0 Å². The molecule has 1 aliphatic heterocycles. The fourth-order valence-corrected chi connectivity index (χ4v) is 4.94. The molecule has 0 bridgehead atoms. The normalized spacial score (nSPS) is 17.5. The average Bonchev–Trinajstić information content (AvgIpc) is 3.55. The predicted molar refractivity (Wildman–Crippen MR) is 131 cm³/mol. The van der Waals surface area contributed by atoms with Crippen molar-refractivity contribution in [2.75, 3.05) is 42.9 Å². The number of benzene rings is 1. The van der Waals surface area contributed by atoms with E-state index < -0.39 is 11.7 Å². The van der Waals surface area contributed by atoms with Crippen molar-refractivity contribution in [3.05, 3.63) is 66.0 Å². The summed E-state index contributed by atoms with van der Waals surface area (Å²) in [6, 6.07) is 14.2. The highest BCUT2D eigenvalue weighted by molar-refractivity contribution is 5.91. The number of rotatable bonds is 6. The van der Waals surface area contributed by atoms with Crippen molar-refractivity contribution in [3.8, 4) is 5.69 Å². The Bertz CT molecular complexity index is 1160. The van der Waals surface area contributed by atoms with Gasteiger partial charge in [-0.25, -0.2) is 9.67 Å². The SMILES string of the molecule is O=C(CN1CCN(c2ccc(C(F)(F)F)cn2)CC1)Nc1cc(C2CCCC2)nn1-c1ccccc1. The molecule has 1 N–H and O–H groups in total. The van der Waals surface area contributed by atoms with E-state index in [0.717, 1.165) is 36.5 Å². The largest absolute Gasteiger partial charge is 0.417 e. The Hall–Kier alpha value is -3.40. The molecule has 2 fully saturated rings. The first-order valence-electron chi connectivity index (χ1n) is 12.3. The lowest BCUT2D eigenvalue weighted by Gasteiger charge is -2.35. The van der Waals surface area contributed by atoms with Crippen molar-refractivity contribution < 1.29 is 18.0 Å². The van der Waals surface area contributed by atoms with Gasteiger partial charge in [-0.15, -0.1) is 0 Å². The first-order valence-corrected chi connectivity index (χ1v) is 12.3. The van der Waals surface area contributed by atoms with Gasteiger partial charge in [0.1, 0.15) is 11.6 Å². The standard InChI is InChI=1S/C26H29F3N6O/c27-26(28,29)20-10-11-23(30-17-20)34-14-12-33(13-15-34)18-25(36)31-24-16-22(19-6-4-5-7-19)32-35(24)21-8-2-1-3-9-21/h1-3,8-11,16-17,19H,4-7,12-15,18H2,(H,31,36). The average molecular weight is 499 g/mol. The van der Waals surface area contributed by atoms with Crippen LogP contribution in [0.15, 0.2) is 54.7 Å². The maximum Gasteiger partial charge on any atom is 0.417 e. The van der Waals surface area contributed by atoms with Gasteiger partial charge in [0, 0.05) is 44.4 Å². The van der Waals surface area contributed by atoms with Crippen LogP contribution in [-0.2, 0) is 11.0 Å². The van der Waals surface area contributed by atoms with Gasteiger partial charge in [-0.3, -0.25) is 9.69 Å². The minimum atomic E-state index is -4.40. The Morgan fingerprint density at radius 2 is 1.72 bits per heavy atom. The monoisotopic (exact) mass is 498 g/mol. The number of hydrogen-bond donors (Lipinski definition) is 1. The summed E-state index contributed by atoms with van der Waals surface area (Å²) in [5.74, 6) is 1.49. The number of amides is 1. The van der Waals surface area contributed by atoms with E-state index in [-0.39, 0.29) is 12.5 Å². The molecule has 1 aliphatic carbocycles. The molecular formula is C26H29F3N6O. The molecule has 3 aromatic rings. The molecule has 5 rings (SSSR count). The molecule has 1 saturated carbocycles. The van der Waals surface area contributed by atoms with Crippen molar-refractivity contribution in [2.24, 2.45) is 0 Å². The molecule has 2 aromatic heterocycles. The summed E-state index contributed by atoms with van der Waals surface area (Å²) in [5, 5.41) is 7.88. The van der Waals surface area contributed by atoms with E-state index in [9.17, 15) is 18.0 Å². The van der Waals surface area contributed by atoms with Crippen LogP contribution in [-0.4, -0.2) is 58.3 Å². The van der Waals surface area contributed by atoms with Crippen LogP contribution in [0.5, 0.6) is 0 Å². The van der Waals surface area contributed by atoms with Crippen LogP contribution >= 0.6 is 0 Å². The molecule has 0 unspecified atom stereocenters. The highest BCUT2D eigenvalue weighted by atomic mass is 19.4. The molecule has 1 amide bonds. The number of para-hydroxylation sites is 1. The van der Waals surface area contributed by atoms with Gasteiger partial charge < -0.3 is 10.2 Å². The Labute approximate surface area is 207 Å². The van der Waals surface area contributed by atoms with E-state index in [1.165, 1.54) is 18.9 Å². The number of pyridine rings is 1. The molecule has 0 atom stereocenters. The Kier molecular flexibility index (Phi) is 6.95. The second-order valence-electron chi connectivity index (χ2n) is 9.40. The van der Waals surface area contributed by atoms with Gasteiger partial charge in [0.2, 0.25) is 5.91 Å². The number of carbonyl (C=O) groups is 1. The fourth-order valence-electron chi connectivity index (χ4n) is 4.94. The van der Waals surface area contributed by atoms with Crippen LogP contribution < -0.4 is 10.2 Å². The molecule has 3 heterocycles. The lowest BCUT2D eigenvalue weighted by molar-refractivity contribution is -0.137. The maximum absolute atomic E-state index is 13.0. The minimum Gasteiger partial charge on any atom is -0.354 e. The van der Waals surface area contributed by atoms with Crippen LogP contribution in [0.2, 0.25) is 0 Å². The zero-order chi connectivity index (χ0) is 25.1. The van der Waals surface area contributed by atoms with Gasteiger partial charge in [-0.2, -0.15) is 18.3 Å². The maximum atomic E-state index is 13.0. The fraction of sp³-hybridized carbons (Fsp3) is 0.423. The van der Waals surface area contributed by atoms with Gasteiger partial charge in [0.25, 0.3) is 0 Å². The molecule has 36 heavy (non-hydrogen) atoms. The third kappa shape index (κ3) is 5.53. The molecule has 1 aromatic carbocycles. The third-order valence-electron chi connectivity index (χ3n) is 6.91. The van der Waals surface area contributed by atoms with E-state index >= 15 is 0 Å². The Balaban J connectivity index is 1.20. The second kappa shape index (κ2) is 10.3. The van der Waals surface area contributed by atoms with Crippen LogP contribution in [0.3, 0.4) is 0 Å². The molecule has 0 spiro atoms. The molecule has 10 heteroatoms. The summed E-state index contributed by atoms with van der Waals surface area (Å²) in [4.78, 5) is 20.9. The predicted octanol–water partition coefficient (Wildman–Crippen LogP) is 4.70. The van der Waals surface area contributed by atoms with Crippen LogP contribution in [0, 0.1) is 0 Å². The van der Waals surface area contributed by atoms with Gasteiger partial charge in [0.05, 0.1) is 23.5 Å². The third-order valence-corrected chi connectivity index (χ3v) is 6.91. The summed E-state index contributed by atoms with van der Waals surface area (Å²) in [5.41, 5.74) is 1.16. The molecule has 1 saturated heterocycles. The minimum absolute atomic E-state index is 0.119. The van der Waals surface area contributed by atoms with Crippen LogP contribution in [0.1, 0.15) is 42.9 Å². The summed E-state index contributed by atoms with van der Waals surface area (Å²) in [6.45, 7) is 2.62. The number of hydrogen-bond acceptors (Lipinski definition) is 5. The number of carbonyl (C=O) groups excluding carboxylic acids is 1. The first-order chi connectivity index (χ1) is 17.4.